The smallest absolute Gasteiger partial charge is 0.205 e. The highest BCUT2D eigenvalue weighted by Gasteiger charge is 2.19. The molecule has 27 heavy (non-hydrogen) atoms. The molecule has 0 unspecified atom stereocenters. The first kappa shape index (κ1) is 17.5. The number of aromatic nitrogens is 1. The summed E-state index contributed by atoms with van der Waals surface area (Å²) in [7, 11) is 5.12. The van der Waals surface area contributed by atoms with E-state index in [4.69, 9.17) is 14.6 Å². The highest BCUT2D eigenvalue weighted by Crippen LogP contribution is 2.34. The first-order valence-corrected chi connectivity index (χ1v) is 9.65. The average Bonchev–Trinajstić information content (AvgIpc) is 3.32. The molecule has 3 aromatic rings. The van der Waals surface area contributed by atoms with Gasteiger partial charge in [0.25, 0.3) is 0 Å². The monoisotopic (exact) mass is 379 g/mol. The van der Waals surface area contributed by atoms with Gasteiger partial charge >= 0.3 is 0 Å². The number of ether oxygens (including phenoxy) is 2. The van der Waals surface area contributed by atoms with Crippen molar-refractivity contribution in [3.05, 3.63) is 63.8 Å². The zero-order valence-electron chi connectivity index (χ0n) is 15.6. The van der Waals surface area contributed by atoms with Gasteiger partial charge in [-0.05, 0) is 36.6 Å². The van der Waals surface area contributed by atoms with Gasteiger partial charge in [0.05, 0.1) is 25.6 Å². The lowest BCUT2D eigenvalue weighted by atomic mass is 10.1. The van der Waals surface area contributed by atoms with Crippen molar-refractivity contribution in [2.45, 2.75) is 12.8 Å². The number of benzene rings is 2. The zero-order valence-corrected chi connectivity index (χ0v) is 16.4. The molecule has 0 atom stereocenters. The van der Waals surface area contributed by atoms with Crippen LogP contribution in [0, 0.1) is 0 Å². The SMILES string of the molecule is CN=c1scc(-c2cc(OC)ccc2OC)n1/N=C1\CCc2ccccc21. The van der Waals surface area contributed by atoms with Crippen LogP contribution in [0.5, 0.6) is 11.5 Å². The van der Waals surface area contributed by atoms with E-state index >= 15 is 0 Å². The van der Waals surface area contributed by atoms with Gasteiger partial charge in [0.1, 0.15) is 11.5 Å². The largest absolute Gasteiger partial charge is 0.497 e. The number of hydrogen-bond donors (Lipinski definition) is 0. The number of nitrogens with zero attached hydrogens (tertiary/aromatic N) is 3. The summed E-state index contributed by atoms with van der Waals surface area (Å²) in [5.74, 6) is 1.55. The van der Waals surface area contributed by atoms with Crippen molar-refractivity contribution in [3.63, 3.8) is 0 Å². The zero-order chi connectivity index (χ0) is 18.8. The van der Waals surface area contributed by atoms with Crippen molar-refractivity contribution in [1.29, 1.82) is 0 Å². The van der Waals surface area contributed by atoms with E-state index in [9.17, 15) is 0 Å². The summed E-state index contributed by atoms with van der Waals surface area (Å²) in [6.45, 7) is 0. The molecule has 1 aromatic heterocycles. The fraction of sp³-hybridized carbons (Fsp3) is 0.238. The van der Waals surface area contributed by atoms with E-state index in [0.717, 1.165) is 46.1 Å². The van der Waals surface area contributed by atoms with Crippen LogP contribution in [0.3, 0.4) is 0 Å². The van der Waals surface area contributed by atoms with E-state index in [1.165, 1.54) is 11.1 Å². The summed E-state index contributed by atoms with van der Waals surface area (Å²) < 4.78 is 12.9. The van der Waals surface area contributed by atoms with Crippen molar-refractivity contribution in [3.8, 4) is 22.8 Å². The van der Waals surface area contributed by atoms with Crippen LogP contribution in [0.4, 0.5) is 0 Å². The number of aryl methyl sites for hydroxylation is 1. The minimum atomic E-state index is 0.775. The first-order valence-electron chi connectivity index (χ1n) is 8.77. The third-order valence-electron chi connectivity index (χ3n) is 4.74. The number of rotatable bonds is 4. The van der Waals surface area contributed by atoms with Gasteiger partial charge in [-0.25, -0.2) is 4.68 Å². The van der Waals surface area contributed by atoms with Gasteiger partial charge in [-0.15, -0.1) is 11.3 Å². The second kappa shape index (κ2) is 7.40. The number of hydrogen-bond acceptors (Lipinski definition) is 5. The summed E-state index contributed by atoms with van der Waals surface area (Å²) in [5.41, 5.74) is 5.53. The summed E-state index contributed by atoms with van der Waals surface area (Å²) in [4.78, 5) is 5.25. The Kier molecular flexibility index (Phi) is 4.81. The van der Waals surface area contributed by atoms with Crippen molar-refractivity contribution < 1.29 is 9.47 Å². The molecule has 1 heterocycles. The molecular formula is C21H21N3O2S. The molecule has 138 valence electrons. The number of fused-ring (bicyclic) bond motifs is 1. The minimum Gasteiger partial charge on any atom is -0.497 e. The van der Waals surface area contributed by atoms with Gasteiger partial charge in [0.15, 0.2) is 0 Å². The topological polar surface area (TPSA) is 48.1 Å². The predicted molar refractivity (Wildman–Crippen MR) is 109 cm³/mol. The Labute approximate surface area is 162 Å². The van der Waals surface area contributed by atoms with Crippen LogP contribution in [0.15, 0.2) is 57.9 Å². The third kappa shape index (κ3) is 3.17. The van der Waals surface area contributed by atoms with Gasteiger partial charge in [-0.1, -0.05) is 24.3 Å². The van der Waals surface area contributed by atoms with Crippen molar-refractivity contribution in [1.82, 2.24) is 4.68 Å². The van der Waals surface area contributed by atoms with Crippen molar-refractivity contribution in [2.24, 2.45) is 10.1 Å². The lowest BCUT2D eigenvalue weighted by Crippen LogP contribution is -2.14. The van der Waals surface area contributed by atoms with Gasteiger partial charge in [-0.2, -0.15) is 5.10 Å². The van der Waals surface area contributed by atoms with E-state index in [2.05, 4.69) is 34.6 Å². The number of thiazole rings is 1. The van der Waals surface area contributed by atoms with Crippen molar-refractivity contribution in [2.75, 3.05) is 21.3 Å². The highest BCUT2D eigenvalue weighted by atomic mass is 32.1. The molecule has 6 heteroatoms. The lowest BCUT2D eigenvalue weighted by Gasteiger charge is -2.11. The quantitative estimate of drug-likeness (QED) is 0.689. The van der Waals surface area contributed by atoms with E-state index in [1.54, 1.807) is 32.6 Å². The fourth-order valence-electron chi connectivity index (χ4n) is 3.38. The molecule has 1 aliphatic carbocycles. The second-order valence-electron chi connectivity index (χ2n) is 6.21. The molecule has 0 aliphatic heterocycles. The van der Waals surface area contributed by atoms with Gasteiger partial charge in [-0.3, -0.25) is 4.99 Å². The normalized spacial score (nSPS) is 15.2. The maximum Gasteiger partial charge on any atom is 0.205 e. The molecule has 0 amide bonds. The number of methoxy groups -OCH3 is 2. The van der Waals surface area contributed by atoms with Crippen LogP contribution in [-0.2, 0) is 6.42 Å². The van der Waals surface area contributed by atoms with E-state index in [0.29, 0.717) is 0 Å². The third-order valence-corrected chi connectivity index (χ3v) is 5.65. The Balaban J connectivity index is 1.90. The Morgan fingerprint density at radius 3 is 2.63 bits per heavy atom. The molecule has 0 bridgehead atoms. The highest BCUT2D eigenvalue weighted by molar-refractivity contribution is 7.07. The van der Waals surface area contributed by atoms with Crippen LogP contribution in [0.2, 0.25) is 0 Å². The fourth-order valence-corrected chi connectivity index (χ4v) is 4.17. The molecule has 0 fully saturated rings. The first-order chi connectivity index (χ1) is 13.2. The Hall–Kier alpha value is -2.86. The minimum absolute atomic E-state index is 0.775. The standard InChI is InChI=1S/C21H21N3O2S/c1-22-21-24(23-18-10-8-14-6-4-5-7-16(14)18)19(13-27-21)17-12-15(25-2)9-11-20(17)26-3/h4-7,9,11-13H,8,10H2,1-3H3/b22-21?,23-18+. The molecule has 4 rings (SSSR count). The molecule has 1 aliphatic rings. The lowest BCUT2D eigenvalue weighted by molar-refractivity contribution is 0.404. The summed E-state index contributed by atoms with van der Waals surface area (Å²) in [6.07, 6.45) is 1.95. The summed E-state index contributed by atoms with van der Waals surface area (Å²) in [6, 6.07) is 14.2. The summed E-state index contributed by atoms with van der Waals surface area (Å²) in [5, 5.41) is 7.05. The van der Waals surface area contributed by atoms with Crippen LogP contribution >= 0.6 is 11.3 Å². The molecule has 0 N–H and O–H groups in total. The van der Waals surface area contributed by atoms with E-state index < -0.39 is 0 Å². The molecule has 0 saturated carbocycles. The van der Waals surface area contributed by atoms with Gasteiger partial charge < -0.3 is 9.47 Å². The predicted octanol–water partition coefficient (Wildman–Crippen LogP) is 3.96. The molecular weight excluding hydrogens is 358 g/mol. The molecule has 0 radical (unpaired) electrons. The Bertz CT molecular complexity index is 1080. The Morgan fingerprint density at radius 2 is 1.85 bits per heavy atom. The maximum atomic E-state index is 5.58. The molecule has 0 spiro atoms. The van der Waals surface area contributed by atoms with Crippen molar-refractivity contribution >= 4 is 17.0 Å². The molecule has 5 nitrogen and oxygen atoms in total. The van der Waals surface area contributed by atoms with E-state index in [-0.39, 0.29) is 0 Å². The van der Waals surface area contributed by atoms with Gasteiger partial charge in [0, 0.05) is 23.6 Å². The van der Waals surface area contributed by atoms with E-state index in [1.807, 2.05) is 22.9 Å². The second-order valence-corrected chi connectivity index (χ2v) is 7.05. The summed E-state index contributed by atoms with van der Waals surface area (Å²) >= 11 is 1.56. The van der Waals surface area contributed by atoms with Crippen LogP contribution in [0.25, 0.3) is 11.3 Å². The molecule has 2 aromatic carbocycles. The van der Waals surface area contributed by atoms with Crippen LogP contribution in [-0.4, -0.2) is 31.7 Å². The molecule has 0 saturated heterocycles. The van der Waals surface area contributed by atoms with Crippen LogP contribution in [0.1, 0.15) is 17.5 Å². The van der Waals surface area contributed by atoms with Crippen LogP contribution < -0.4 is 14.3 Å². The maximum absolute atomic E-state index is 5.58. The Morgan fingerprint density at radius 1 is 1.00 bits per heavy atom. The van der Waals surface area contributed by atoms with Gasteiger partial charge in [0.2, 0.25) is 4.80 Å². The average molecular weight is 379 g/mol.